The van der Waals surface area contributed by atoms with Crippen molar-refractivity contribution in [2.24, 2.45) is 0 Å². The number of hydrogen-bond acceptors (Lipinski definition) is 3. The molecule has 1 N–H and O–H groups in total. The molecule has 0 saturated carbocycles. The lowest BCUT2D eigenvalue weighted by Gasteiger charge is -2.14. The number of alkyl halides is 1. The molecule has 162 valence electrons. The van der Waals surface area contributed by atoms with Crippen LogP contribution >= 0.6 is 15.9 Å². The highest BCUT2D eigenvalue weighted by atomic mass is 79.9. The molecule has 0 aromatic heterocycles. The standard InChI is InChI=1S/C25H25BrFNO3/c1-15-5-21(27)6-16(2)24(15)19-7-17(13-26)8-20(11-19)25(29)28-14-18-9-22(30-3)12-23(10-18)31-4/h5-12H,13-14H2,1-4H3,(H,28,29). The Morgan fingerprint density at radius 3 is 2.06 bits per heavy atom. The summed E-state index contributed by atoms with van der Waals surface area (Å²) in [6, 6.07) is 14.2. The molecule has 0 atom stereocenters. The lowest BCUT2D eigenvalue weighted by Crippen LogP contribution is -2.23. The van der Waals surface area contributed by atoms with Crippen LogP contribution in [-0.4, -0.2) is 20.1 Å². The summed E-state index contributed by atoms with van der Waals surface area (Å²) in [5.41, 5.74) is 5.87. The number of ether oxygens (including phenoxy) is 2. The maximum Gasteiger partial charge on any atom is 0.251 e. The topological polar surface area (TPSA) is 47.6 Å². The van der Waals surface area contributed by atoms with Crippen LogP contribution in [0.25, 0.3) is 11.1 Å². The highest BCUT2D eigenvalue weighted by molar-refractivity contribution is 9.08. The first-order chi connectivity index (χ1) is 14.8. The van der Waals surface area contributed by atoms with Gasteiger partial charge in [-0.2, -0.15) is 0 Å². The fraction of sp³-hybridized carbons (Fsp3) is 0.240. The van der Waals surface area contributed by atoms with Crippen LogP contribution in [0.5, 0.6) is 11.5 Å². The summed E-state index contributed by atoms with van der Waals surface area (Å²) in [5.74, 6) is 0.870. The van der Waals surface area contributed by atoms with Crippen molar-refractivity contribution in [3.05, 3.63) is 82.2 Å². The van der Waals surface area contributed by atoms with Crippen LogP contribution < -0.4 is 14.8 Å². The van der Waals surface area contributed by atoms with Gasteiger partial charge in [-0.3, -0.25) is 4.79 Å². The Morgan fingerprint density at radius 2 is 1.52 bits per heavy atom. The molecule has 3 rings (SSSR count). The molecule has 31 heavy (non-hydrogen) atoms. The average molecular weight is 486 g/mol. The zero-order chi connectivity index (χ0) is 22.5. The third kappa shape index (κ3) is 5.44. The van der Waals surface area contributed by atoms with E-state index in [0.29, 0.717) is 28.9 Å². The van der Waals surface area contributed by atoms with Gasteiger partial charge in [-0.15, -0.1) is 0 Å². The minimum absolute atomic E-state index is 0.191. The highest BCUT2D eigenvalue weighted by Gasteiger charge is 2.14. The van der Waals surface area contributed by atoms with Gasteiger partial charge >= 0.3 is 0 Å². The molecule has 0 unspecified atom stereocenters. The van der Waals surface area contributed by atoms with Crippen molar-refractivity contribution in [2.45, 2.75) is 25.7 Å². The lowest BCUT2D eigenvalue weighted by atomic mass is 9.93. The van der Waals surface area contributed by atoms with Crippen molar-refractivity contribution in [2.75, 3.05) is 14.2 Å². The van der Waals surface area contributed by atoms with Crippen LogP contribution in [0.4, 0.5) is 4.39 Å². The Balaban J connectivity index is 1.89. The average Bonchev–Trinajstić information content (AvgIpc) is 2.76. The van der Waals surface area contributed by atoms with E-state index in [1.807, 2.05) is 44.2 Å². The van der Waals surface area contributed by atoms with Gasteiger partial charge in [0.15, 0.2) is 0 Å². The van der Waals surface area contributed by atoms with Crippen LogP contribution in [-0.2, 0) is 11.9 Å². The van der Waals surface area contributed by atoms with Gasteiger partial charge in [-0.1, -0.05) is 22.0 Å². The molecule has 4 nitrogen and oxygen atoms in total. The van der Waals surface area contributed by atoms with Crippen molar-refractivity contribution < 1.29 is 18.7 Å². The van der Waals surface area contributed by atoms with Crippen LogP contribution in [0, 0.1) is 19.7 Å². The molecule has 0 heterocycles. The molecule has 0 saturated heterocycles. The predicted octanol–water partition coefficient (Wildman–Crippen LogP) is 5.95. The van der Waals surface area contributed by atoms with Gasteiger partial charge in [-0.25, -0.2) is 4.39 Å². The first-order valence-corrected chi connectivity index (χ1v) is 10.9. The van der Waals surface area contributed by atoms with Crippen LogP contribution in [0.15, 0.2) is 48.5 Å². The van der Waals surface area contributed by atoms with E-state index in [4.69, 9.17) is 9.47 Å². The normalized spacial score (nSPS) is 10.6. The Hall–Kier alpha value is -2.86. The largest absolute Gasteiger partial charge is 0.497 e. The summed E-state index contributed by atoms with van der Waals surface area (Å²) in [6.45, 7) is 4.08. The van der Waals surface area contributed by atoms with Gasteiger partial charge in [-0.05, 0) is 83.6 Å². The van der Waals surface area contributed by atoms with Crippen LogP contribution in [0.1, 0.15) is 32.6 Å². The molecular weight excluding hydrogens is 461 g/mol. The minimum Gasteiger partial charge on any atom is -0.497 e. The second-order valence-corrected chi connectivity index (χ2v) is 7.93. The van der Waals surface area contributed by atoms with Crippen molar-refractivity contribution in [3.63, 3.8) is 0 Å². The fourth-order valence-electron chi connectivity index (χ4n) is 3.66. The molecule has 0 fully saturated rings. The summed E-state index contributed by atoms with van der Waals surface area (Å²) in [6.07, 6.45) is 0. The molecule has 1 amide bonds. The monoisotopic (exact) mass is 485 g/mol. The van der Waals surface area contributed by atoms with Crippen LogP contribution in [0.3, 0.4) is 0 Å². The van der Waals surface area contributed by atoms with Crippen LogP contribution in [0.2, 0.25) is 0 Å². The molecule has 0 spiro atoms. The van der Waals surface area contributed by atoms with Gasteiger partial charge < -0.3 is 14.8 Å². The van der Waals surface area contributed by atoms with E-state index in [9.17, 15) is 9.18 Å². The zero-order valence-corrected chi connectivity index (χ0v) is 19.6. The summed E-state index contributed by atoms with van der Waals surface area (Å²) in [5, 5.41) is 3.57. The number of methoxy groups -OCH3 is 2. The zero-order valence-electron chi connectivity index (χ0n) is 18.0. The fourth-order valence-corrected chi connectivity index (χ4v) is 3.99. The van der Waals surface area contributed by atoms with E-state index in [-0.39, 0.29) is 11.7 Å². The Kier molecular flexibility index (Phi) is 7.33. The van der Waals surface area contributed by atoms with E-state index < -0.39 is 0 Å². The molecule has 0 aliphatic rings. The number of carbonyl (C=O) groups excluding carboxylic acids is 1. The minimum atomic E-state index is -0.262. The van der Waals surface area contributed by atoms with E-state index in [0.717, 1.165) is 33.4 Å². The van der Waals surface area contributed by atoms with Crippen molar-refractivity contribution in [1.29, 1.82) is 0 Å². The molecule has 0 aliphatic heterocycles. The maximum absolute atomic E-state index is 13.8. The Bertz CT molecular complexity index is 1070. The van der Waals surface area contributed by atoms with Gasteiger partial charge in [0.25, 0.3) is 5.91 Å². The summed E-state index contributed by atoms with van der Waals surface area (Å²) in [4.78, 5) is 13.0. The third-order valence-electron chi connectivity index (χ3n) is 5.06. The number of halogens is 2. The molecule has 3 aromatic rings. The second kappa shape index (κ2) is 9.96. The summed E-state index contributed by atoms with van der Waals surface area (Å²) < 4.78 is 24.3. The Labute approximate surface area is 190 Å². The molecule has 0 radical (unpaired) electrons. The second-order valence-electron chi connectivity index (χ2n) is 7.37. The number of benzene rings is 3. The third-order valence-corrected chi connectivity index (χ3v) is 5.71. The maximum atomic E-state index is 13.8. The lowest BCUT2D eigenvalue weighted by molar-refractivity contribution is 0.0950. The SMILES string of the molecule is COc1cc(CNC(=O)c2cc(CBr)cc(-c3c(C)cc(F)cc3C)c2)cc(OC)c1. The molecule has 0 aliphatic carbocycles. The Morgan fingerprint density at radius 1 is 0.903 bits per heavy atom. The predicted molar refractivity (Wildman–Crippen MR) is 125 cm³/mol. The summed E-state index contributed by atoms with van der Waals surface area (Å²) in [7, 11) is 3.17. The van der Waals surface area contributed by atoms with Gasteiger partial charge in [0.1, 0.15) is 17.3 Å². The van der Waals surface area contributed by atoms with Gasteiger partial charge in [0.2, 0.25) is 0 Å². The first-order valence-electron chi connectivity index (χ1n) is 9.81. The van der Waals surface area contributed by atoms with Crippen molar-refractivity contribution in [1.82, 2.24) is 5.32 Å². The number of aryl methyl sites for hydroxylation is 2. The number of nitrogens with one attached hydrogen (secondary N) is 1. The van der Waals surface area contributed by atoms with E-state index in [2.05, 4.69) is 21.2 Å². The molecule has 3 aromatic carbocycles. The number of carbonyl (C=O) groups is 1. The molecular formula is C25H25BrFNO3. The molecule has 0 bridgehead atoms. The highest BCUT2D eigenvalue weighted by Crippen LogP contribution is 2.30. The smallest absolute Gasteiger partial charge is 0.251 e. The summed E-state index contributed by atoms with van der Waals surface area (Å²) >= 11 is 3.48. The van der Waals surface area contributed by atoms with E-state index in [1.165, 1.54) is 12.1 Å². The van der Waals surface area contributed by atoms with E-state index in [1.54, 1.807) is 20.3 Å². The van der Waals surface area contributed by atoms with Gasteiger partial charge in [0.05, 0.1) is 14.2 Å². The molecule has 6 heteroatoms. The van der Waals surface area contributed by atoms with Crippen molar-refractivity contribution in [3.8, 4) is 22.6 Å². The van der Waals surface area contributed by atoms with Crippen molar-refractivity contribution >= 4 is 21.8 Å². The van der Waals surface area contributed by atoms with Gasteiger partial charge in [0, 0.05) is 23.5 Å². The first kappa shape index (κ1) is 22.8. The number of hydrogen-bond donors (Lipinski definition) is 1. The number of amides is 1. The van der Waals surface area contributed by atoms with E-state index >= 15 is 0 Å². The number of rotatable bonds is 7. The quantitative estimate of drug-likeness (QED) is 0.420.